The Bertz CT molecular complexity index is 654. The highest BCUT2D eigenvalue weighted by Gasteiger charge is 2.45. The molecule has 1 aromatic rings. The smallest absolute Gasteiger partial charge is 0.306 e. The molecule has 1 aliphatic carbocycles. The number of likely N-dealkylation sites (tertiary alicyclic amines) is 1. The molecule has 0 radical (unpaired) electrons. The van der Waals surface area contributed by atoms with Crippen molar-refractivity contribution in [2.45, 2.75) is 50.9 Å². The molecule has 1 aromatic carbocycles. The number of carboxylic acids is 1. The average molecular weight is 364 g/mol. The van der Waals surface area contributed by atoms with Crippen LogP contribution < -0.4 is 0 Å². The van der Waals surface area contributed by atoms with E-state index in [4.69, 9.17) is 11.6 Å². The van der Waals surface area contributed by atoms with Crippen LogP contribution in [0.4, 0.5) is 0 Å². The minimum atomic E-state index is -0.748. The van der Waals surface area contributed by atoms with Crippen LogP contribution in [0.2, 0.25) is 5.02 Å². The quantitative estimate of drug-likeness (QED) is 0.879. The lowest BCUT2D eigenvalue weighted by Crippen LogP contribution is -2.53. The maximum absolute atomic E-state index is 13.5. The van der Waals surface area contributed by atoms with Gasteiger partial charge in [-0.3, -0.25) is 9.59 Å². The third-order valence-corrected chi connectivity index (χ3v) is 6.24. The van der Waals surface area contributed by atoms with Gasteiger partial charge in [-0.1, -0.05) is 49.9 Å². The minimum absolute atomic E-state index is 0.0183. The van der Waals surface area contributed by atoms with Crippen molar-refractivity contribution in [2.24, 2.45) is 11.8 Å². The molecule has 1 amide bonds. The fraction of sp³-hybridized carbons (Fsp3) is 0.600. The first-order valence-corrected chi connectivity index (χ1v) is 9.60. The summed E-state index contributed by atoms with van der Waals surface area (Å²) in [6, 6.07) is 7.70. The van der Waals surface area contributed by atoms with Crippen LogP contribution in [0.25, 0.3) is 0 Å². The van der Waals surface area contributed by atoms with E-state index >= 15 is 0 Å². The number of amides is 1. The van der Waals surface area contributed by atoms with Crippen LogP contribution in [0.1, 0.15) is 51.0 Å². The summed E-state index contributed by atoms with van der Waals surface area (Å²) in [6.45, 7) is 2.99. The Morgan fingerprint density at radius 2 is 1.96 bits per heavy atom. The number of nitrogens with zero attached hydrogens (tertiary/aromatic N) is 1. The van der Waals surface area contributed by atoms with Gasteiger partial charge in [0.1, 0.15) is 0 Å². The second-order valence-electron chi connectivity index (χ2n) is 7.61. The third-order valence-electron chi connectivity index (χ3n) is 6.00. The van der Waals surface area contributed by atoms with E-state index in [1.807, 2.05) is 36.1 Å². The summed E-state index contributed by atoms with van der Waals surface area (Å²) in [5.41, 5.74) is 0.511. The van der Waals surface area contributed by atoms with Gasteiger partial charge in [0.25, 0.3) is 0 Å². The molecule has 1 saturated heterocycles. The lowest BCUT2D eigenvalue weighted by atomic mass is 9.68. The highest BCUT2D eigenvalue weighted by molar-refractivity contribution is 6.30. The van der Waals surface area contributed by atoms with Gasteiger partial charge in [0.05, 0.1) is 11.3 Å². The zero-order chi connectivity index (χ0) is 18.0. The molecule has 0 aromatic heterocycles. The van der Waals surface area contributed by atoms with Gasteiger partial charge in [-0.25, -0.2) is 0 Å². The average Bonchev–Trinajstić information content (AvgIpc) is 2.61. The monoisotopic (exact) mass is 363 g/mol. The number of hydrogen-bond donors (Lipinski definition) is 1. The second kappa shape index (κ2) is 7.36. The first-order chi connectivity index (χ1) is 11.9. The van der Waals surface area contributed by atoms with Gasteiger partial charge >= 0.3 is 5.97 Å². The predicted octanol–water partition coefficient (Wildman–Crippen LogP) is 4.11. The molecule has 1 heterocycles. The van der Waals surface area contributed by atoms with Gasteiger partial charge in [0.2, 0.25) is 5.91 Å². The van der Waals surface area contributed by atoms with E-state index in [2.05, 4.69) is 0 Å². The van der Waals surface area contributed by atoms with E-state index in [0.29, 0.717) is 24.5 Å². The summed E-state index contributed by atoms with van der Waals surface area (Å²) < 4.78 is 0. The standard InChI is InChI=1S/C20H26ClNO3/c1-14-13-22(11-8-17(14)18(23)24)19(25)20(9-3-2-4-10-20)15-6-5-7-16(21)12-15/h5-7,12,14,17H,2-4,8-11,13H2,1H3,(H,23,24). The molecule has 2 aliphatic rings. The van der Waals surface area contributed by atoms with Gasteiger partial charge in [-0.15, -0.1) is 0 Å². The fourth-order valence-corrected chi connectivity index (χ4v) is 4.76. The van der Waals surface area contributed by atoms with Crippen LogP contribution in [0.3, 0.4) is 0 Å². The number of hydrogen-bond acceptors (Lipinski definition) is 2. The molecule has 4 nitrogen and oxygen atoms in total. The molecule has 5 heteroatoms. The number of carbonyl (C=O) groups is 2. The van der Waals surface area contributed by atoms with Crippen LogP contribution in [0.15, 0.2) is 24.3 Å². The van der Waals surface area contributed by atoms with Crippen molar-refractivity contribution in [1.82, 2.24) is 4.90 Å². The zero-order valence-electron chi connectivity index (χ0n) is 14.7. The normalized spacial score (nSPS) is 26.2. The van der Waals surface area contributed by atoms with E-state index in [1.165, 1.54) is 0 Å². The Morgan fingerprint density at radius 3 is 2.56 bits per heavy atom. The van der Waals surface area contributed by atoms with Crippen LogP contribution in [0, 0.1) is 11.8 Å². The van der Waals surface area contributed by atoms with Gasteiger partial charge in [0, 0.05) is 18.1 Å². The highest BCUT2D eigenvalue weighted by atomic mass is 35.5. The Kier molecular flexibility index (Phi) is 5.38. The molecule has 2 atom stereocenters. The molecule has 3 rings (SSSR count). The first-order valence-electron chi connectivity index (χ1n) is 9.22. The van der Waals surface area contributed by atoms with E-state index in [9.17, 15) is 14.7 Å². The van der Waals surface area contributed by atoms with E-state index in [-0.39, 0.29) is 17.7 Å². The molecular weight excluding hydrogens is 338 g/mol. The number of carbonyl (C=O) groups excluding carboxylic acids is 1. The van der Waals surface area contributed by atoms with Crippen LogP contribution in [0.5, 0.6) is 0 Å². The summed E-state index contributed by atoms with van der Waals surface area (Å²) in [4.78, 5) is 26.8. The predicted molar refractivity (Wildman–Crippen MR) is 97.7 cm³/mol. The van der Waals surface area contributed by atoms with Crippen molar-refractivity contribution in [2.75, 3.05) is 13.1 Å². The van der Waals surface area contributed by atoms with Crippen molar-refractivity contribution in [1.29, 1.82) is 0 Å². The van der Waals surface area contributed by atoms with Crippen LogP contribution >= 0.6 is 11.6 Å². The zero-order valence-corrected chi connectivity index (χ0v) is 15.5. The van der Waals surface area contributed by atoms with Gasteiger partial charge in [0.15, 0.2) is 0 Å². The topological polar surface area (TPSA) is 57.6 Å². The maximum Gasteiger partial charge on any atom is 0.306 e. The highest BCUT2D eigenvalue weighted by Crippen LogP contribution is 2.42. The van der Waals surface area contributed by atoms with Gasteiger partial charge in [-0.05, 0) is 42.9 Å². The lowest BCUT2D eigenvalue weighted by Gasteiger charge is -2.43. The Balaban J connectivity index is 1.87. The molecule has 1 saturated carbocycles. The molecular formula is C20H26ClNO3. The Morgan fingerprint density at radius 1 is 1.24 bits per heavy atom. The molecule has 25 heavy (non-hydrogen) atoms. The largest absolute Gasteiger partial charge is 0.481 e. The summed E-state index contributed by atoms with van der Waals surface area (Å²) in [7, 11) is 0. The number of carboxylic acid groups (broad SMARTS) is 1. The molecule has 2 fully saturated rings. The van der Waals surface area contributed by atoms with Crippen molar-refractivity contribution in [3.8, 4) is 0 Å². The third kappa shape index (κ3) is 3.55. The molecule has 0 spiro atoms. The van der Waals surface area contributed by atoms with Crippen molar-refractivity contribution in [3.05, 3.63) is 34.9 Å². The van der Waals surface area contributed by atoms with Crippen LogP contribution in [-0.2, 0) is 15.0 Å². The first kappa shape index (κ1) is 18.2. The Hall–Kier alpha value is -1.55. The van der Waals surface area contributed by atoms with Gasteiger partial charge < -0.3 is 10.0 Å². The number of rotatable bonds is 3. The second-order valence-corrected chi connectivity index (χ2v) is 8.05. The van der Waals surface area contributed by atoms with Crippen molar-refractivity contribution < 1.29 is 14.7 Å². The summed E-state index contributed by atoms with van der Waals surface area (Å²) >= 11 is 6.20. The fourth-order valence-electron chi connectivity index (χ4n) is 4.57. The van der Waals surface area contributed by atoms with E-state index in [1.54, 1.807) is 0 Å². The van der Waals surface area contributed by atoms with Gasteiger partial charge in [-0.2, -0.15) is 0 Å². The summed E-state index contributed by atoms with van der Waals surface area (Å²) in [5.74, 6) is -0.959. The minimum Gasteiger partial charge on any atom is -0.481 e. The maximum atomic E-state index is 13.5. The number of halogens is 1. The number of benzene rings is 1. The summed E-state index contributed by atoms with van der Waals surface area (Å²) in [5, 5.41) is 9.98. The van der Waals surface area contributed by atoms with Crippen molar-refractivity contribution in [3.63, 3.8) is 0 Å². The Labute approximate surface area is 154 Å². The molecule has 1 aliphatic heterocycles. The molecule has 136 valence electrons. The SMILES string of the molecule is CC1CN(C(=O)C2(c3cccc(Cl)c3)CCCCC2)CCC1C(=O)O. The van der Waals surface area contributed by atoms with Crippen LogP contribution in [-0.4, -0.2) is 35.0 Å². The van der Waals surface area contributed by atoms with E-state index < -0.39 is 11.4 Å². The lowest BCUT2D eigenvalue weighted by molar-refractivity contribution is -0.150. The number of aliphatic carboxylic acids is 1. The number of piperidine rings is 1. The molecule has 0 bridgehead atoms. The van der Waals surface area contributed by atoms with E-state index in [0.717, 1.165) is 37.7 Å². The molecule has 2 unspecified atom stereocenters. The molecule has 1 N–H and O–H groups in total. The summed E-state index contributed by atoms with van der Waals surface area (Å²) in [6.07, 6.45) is 5.47. The van der Waals surface area contributed by atoms with Crippen molar-refractivity contribution >= 4 is 23.5 Å².